The van der Waals surface area contributed by atoms with E-state index in [0.29, 0.717) is 41.1 Å². The molecule has 0 saturated heterocycles. The third kappa shape index (κ3) is 4.90. The second-order valence-electron chi connectivity index (χ2n) is 5.31. The van der Waals surface area contributed by atoms with Crippen molar-refractivity contribution in [1.82, 2.24) is 20.5 Å². The molecular formula is C18H17ClN6O. The van der Waals surface area contributed by atoms with Crippen molar-refractivity contribution in [1.29, 1.82) is 0 Å². The smallest absolute Gasteiger partial charge is 0.252 e. The molecule has 0 aliphatic heterocycles. The number of benzene rings is 1. The maximum Gasteiger partial charge on any atom is 0.252 e. The van der Waals surface area contributed by atoms with E-state index in [9.17, 15) is 4.79 Å². The molecule has 7 nitrogen and oxygen atoms in total. The van der Waals surface area contributed by atoms with Gasteiger partial charge in [0, 0.05) is 19.3 Å². The first-order valence-electron chi connectivity index (χ1n) is 8.01. The van der Waals surface area contributed by atoms with Crippen LogP contribution in [0.25, 0.3) is 0 Å². The molecule has 0 aliphatic rings. The minimum atomic E-state index is -0.210. The van der Waals surface area contributed by atoms with Gasteiger partial charge in [-0.15, -0.1) is 10.2 Å². The fourth-order valence-corrected chi connectivity index (χ4v) is 2.39. The number of carbonyl (C=O) groups is 1. The number of rotatable bonds is 7. The predicted octanol–water partition coefficient (Wildman–Crippen LogP) is 3.11. The van der Waals surface area contributed by atoms with E-state index in [1.54, 1.807) is 42.6 Å². The van der Waals surface area contributed by atoms with Gasteiger partial charge < -0.3 is 16.0 Å². The molecule has 1 amide bonds. The monoisotopic (exact) mass is 368 g/mol. The molecule has 0 unspecified atom stereocenters. The van der Waals surface area contributed by atoms with Crippen LogP contribution in [0.1, 0.15) is 10.4 Å². The van der Waals surface area contributed by atoms with E-state index in [1.165, 1.54) is 0 Å². The summed E-state index contributed by atoms with van der Waals surface area (Å²) in [5, 5.41) is 17.5. The second-order valence-corrected chi connectivity index (χ2v) is 5.71. The summed E-state index contributed by atoms with van der Waals surface area (Å²) in [5.74, 6) is 1.70. The Morgan fingerprint density at radius 2 is 1.65 bits per heavy atom. The van der Waals surface area contributed by atoms with Gasteiger partial charge in [-0.05, 0) is 36.4 Å². The number of anilines is 3. The van der Waals surface area contributed by atoms with Gasteiger partial charge in [-0.1, -0.05) is 29.8 Å². The first-order chi connectivity index (χ1) is 12.7. The average molecular weight is 369 g/mol. The Kier molecular flexibility index (Phi) is 5.95. The molecule has 2 aromatic heterocycles. The van der Waals surface area contributed by atoms with Crippen LogP contribution in [0.15, 0.2) is 60.8 Å². The highest BCUT2D eigenvalue weighted by atomic mass is 35.5. The van der Waals surface area contributed by atoms with Crippen LogP contribution >= 0.6 is 11.6 Å². The van der Waals surface area contributed by atoms with Crippen molar-refractivity contribution in [2.75, 3.05) is 23.7 Å². The highest BCUT2D eigenvalue weighted by Crippen LogP contribution is 2.14. The van der Waals surface area contributed by atoms with Crippen molar-refractivity contribution < 1.29 is 4.79 Å². The second kappa shape index (κ2) is 8.77. The first-order valence-corrected chi connectivity index (χ1v) is 8.38. The minimum absolute atomic E-state index is 0.210. The molecular weight excluding hydrogens is 352 g/mol. The fraction of sp³-hybridized carbons (Fsp3) is 0.111. The van der Waals surface area contributed by atoms with Crippen molar-refractivity contribution in [3.63, 3.8) is 0 Å². The minimum Gasteiger partial charge on any atom is -0.367 e. The standard InChI is InChI=1S/C18H17ClN6O/c19-14-6-2-1-5-13(14)18(26)22-12-11-21-16-8-9-17(25-24-16)23-15-7-3-4-10-20-15/h1-10H,11-12H2,(H,21,24)(H,22,26)(H,20,23,25). The van der Waals surface area contributed by atoms with E-state index >= 15 is 0 Å². The summed E-state index contributed by atoms with van der Waals surface area (Å²) in [6.45, 7) is 0.942. The Morgan fingerprint density at radius 1 is 0.885 bits per heavy atom. The van der Waals surface area contributed by atoms with Crippen LogP contribution in [0.4, 0.5) is 17.5 Å². The molecule has 3 N–H and O–H groups in total. The Morgan fingerprint density at radius 3 is 2.38 bits per heavy atom. The normalized spacial score (nSPS) is 10.2. The van der Waals surface area contributed by atoms with Crippen LogP contribution in [0.2, 0.25) is 5.02 Å². The lowest BCUT2D eigenvalue weighted by Gasteiger charge is -2.08. The summed E-state index contributed by atoms with van der Waals surface area (Å²) in [7, 11) is 0. The molecule has 2 heterocycles. The number of hydrogen-bond acceptors (Lipinski definition) is 6. The Hall–Kier alpha value is -3.19. The summed E-state index contributed by atoms with van der Waals surface area (Å²) < 4.78 is 0. The number of pyridine rings is 1. The van der Waals surface area contributed by atoms with Crippen LogP contribution < -0.4 is 16.0 Å². The molecule has 8 heteroatoms. The van der Waals surface area contributed by atoms with Crippen molar-refractivity contribution in [3.05, 3.63) is 71.4 Å². The van der Waals surface area contributed by atoms with Gasteiger partial charge in [0.1, 0.15) is 11.6 Å². The first kappa shape index (κ1) is 17.6. The largest absolute Gasteiger partial charge is 0.367 e. The number of amides is 1. The van der Waals surface area contributed by atoms with Crippen LogP contribution in [-0.4, -0.2) is 34.2 Å². The highest BCUT2D eigenvalue weighted by molar-refractivity contribution is 6.33. The van der Waals surface area contributed by atoms with E-state index in [2.05, 4.69) is 31.1 Å². The molecule has 0 bridgehead atoms. The van der Waals surface area contributed by atoms with Gasteiger partial charge >= 0.3 is 0 Å². The van der Waals surface area contributed by atoms with Crippen LogP contribution in [0.5, 0.6) is 0 Å². The number of carbonyl (C=O) groups excluding carboxylic acids is 1. The lowest BCUT2D eigenvalue weighted by atomic mass is 10.2. The average Bonchev–Trinajstić information content (AvgIpc) is 2.67. The summed E-state index contributed by atoms with van der Waals surface area (Å²) in [5.41, 5.74) is 0.457. The third-order valence-electron chi connectivity index (χ3n) is 3.42. The summed E-state index contributed by atoms with van der Waals surface area (Å²) >= 11 is 6.00. The molecule has 3 aromatic rings. The van der Waals surface area contributed by atoms with E-state index in [4.69, 9.17) is 11.6 Å². The van der Waals surface area contributed by atoms with Gasteiger partial charge in [0.15, 0.2) is 5.82 Å². The molecule has 0 aliphatic carbocycles. The van der Waals surface area contributed by atoms with Crippen LogP contribution in [0.3, 0.4) is 0 Å². The van der Waals surface area contributed by atoms with Gasteiger partial charge in [0.2, 0.25) is 0 Å². The maximum absolute atomic E-state index is 12.0. The zero-order valence-electron chi connectivity index (χ0n) is 13.8. The number of nitrogens with one attached hydrogen (secondary N) is 3. The molecule has 0 atom stereocenters. The quantitative estimate of drug-likeness (QED) is 0.555. The zero-order chi connectivity index (χ0) is 18.2. The van der Waals surface area contributed by atoms with Crippen molar-refractivity contribution in [2.24, 2.45) is 0 Å². The summed E-state index contributed by atoms with van der Waals surface area (Å²) in [6.07, 6.45) is 1.70. The molecule has 132 valence electrons. The molecule has 26 heavy (non-hydrogen) atoms. The lowest BCUT2D eigenvalue weighted by Crippen LogP contribution is -2.29. The molecule has 0 radical (unpaired) electrons. The maximum atomic E-state index is 12.0. The fourth-order valence-electron chi connectivity index (χ4n) is 2.17. The van der Waals surface area contributed by atoms with E-state index < -0.39 is 0 Å². The number of hydrogen-bond donors (Lipinski definition) is 3. The van der Waals surface area contributed by atoms with Gasteiger partial charge in [-0.25, -0.2) is 4.98 Å². The summed E-state index contributed by atoms with van der Waals surface area (Å²) in [4.78, 5) is 16.2. The lowest BCUT2D eigenvalue weighted by molar-refractivity contribution is 0.0955. The van der Waals surface area contributed by atoms with E-state index in [1.807, 2.05) is 18.2 Å². The predicted molar refractivity (Wildman–Crippen MR) is 102 cm³/mol. The van der Waals surface area contributed by atoms with Gasteiger partial charge in [0.05, 0.1) is 10.6 Å². The van der Waals surface area contributed by atoms with Crippen LogP contribution in [-0.2, 0) is 0 Å². The van der Waals surface area contributed by atoms with Crippen molar-refractivity contribution in [3.8, 4) is 0 Å². The topological polar surface area (TPSA) is 91.8 Å². The summed E-state index contributed by atoms with van der Waals surface area (Å²) in [6, 6.07) is 16.1. The zero-order valence-corrected chi connectivity index (χ0v) is 14.6. The van der Waals surface area contributed by atoms with Gasteiger partial charge in [0.25, 0.3) is 5.91 Å². The van der Waals surface area contributed by atoms with E-state index in [-0.39, 0.29) is 5.91 Å². The van der Waals surface area contributed by atoms with Crippen molar-refractivity contribution >= 4 is 35.0 Å². The SMILES string of the molecule is O=C(NCCNc1ccc(Nc2ccccn2)nn1)c1ccccc1Cl. The molecule has 0 fully saturated rings. The van der Waals surface area contributed by atoms with E-state index in [0.717, 1.165) is 0 Å². The molecule has 1 aromatic carbocycles. The van der Waals surface area contributed by atoms with Crippen molar-refractivity contribution in [2.45, 2.75) is 0 Å². The Labute approximate surface area is 155 Å². The van der Waals surface area contributed by atoms with Crippen LogP contribution in [0, 0.1) is 0 Å². The molecule has 0 saturated carbocycles. The molecule has 3 rings (SSSR count). The molecule has 0 spiro atoms. The number of aromatic nitrogens is 3. The third-order valence-corrected chi connectivity index (χ3v) is 3.75. The Balaban J connectivity index is 1.44. The highest BCUT2D eigenvalue weighted by Gasteiger charge is 2.08. The Bertz CT molecular complexity index is 857. The van der Waals surface area contributed by atoms with Gasteiger partial charge in [-0.3, -0.25) is 4.79 Å². The number of halogens is 1. The number of nitrogens with zero attached hydrogens (tertiary/aromatic N) is 3. The van der Waals surface area contributed by atoms with Gasteiger partial charge in [-0.2, -0.15) is 0 Å².